The molecule has 2 heterocycles. The Hall–Kier alpha value is -2.08. The Morgan fingerprint density at radius 2 is 1.79 bits per heavy atom. The van der Waals surface area contributed by atoms with Crippen molar-refractivity contribution in [3.05, 3.63) is 30.1 Å². The van der Waals surface area contributed by atoms with Gasteiger partial charge in [0.1, 0.15) is 5.82 Å². The first-order valence-electron chi connectivity index (χ1n) is 8.44. The van der Waals surface area contributed by atoms with Gasteiger partial charge >= 0.3 is 15.5 Å². The normalized spacial score (nSPS) is 17.4. The molecular formula is C16H17F5N4O2S. The van der Waals surface area contributed by atoms with Crippen LogP contribution >= 0.6 is 0 Å². The van der Waals surface area contributed by atoms with Gasteiger partial charge in [-0.3, -0.25) is 0 Å². The predicted octanol–water partition coefficient (Wildman–Crippen LogP) is 3.54. The van der Waals surface area contributed by atoms with E-state index in [9.17, 15) is 30.4 Å². The van der Waals surface area contributed by atoms with E-state index in [1.807, 2.05) is 0 Å². The lowest BCUT2D eigenvalue weighted by Crippen LogP contribution is -2.45. The van der Waals surface area contributed by atoms with Crippen LogP contribution in [0.1, 0.15) is 25.1 Å². The van der Waals surface area contributed by atoms with Gasteiger partial charge in [0.2, 0.25) is 0 Å². The minimum atomic E-state index is -5.33. The standard InChI is InChI=1S/C16H17F5N4O2S/c17-13(18)15-23-12-4-2-1-3-11(12)14(24-15)22-9-10-5-7-25(8-6-10)28(26,27)16(19,20)21/h1-4,10,13H,5-9H2,(H,22,23,24). The number of aromatic nitrogens is 2. The SMILES string of the molecule is O=S(=O)(N1CCC(CNc2nc(C(F)F)nc3ccccc23)CC1)C(F)(F)F. The van der Waals surface area contributed by atoms with Gasteiger partial charge in [-0.05, 0) is 30.9 Å². The highest BCUT2D eigenvalue weighted by atomic mass is 32.2. The number of halogens is 5. The number of fused-ring (bicyclic) bond motifs is 1. The minimum absolute atomic E-state index is 0.122. The number of hydrogen-bond acceptors (Lipinski definition) is 5. The lowest BCUT2D eigenvalue weighted by atomic mass is 9.98. The Kier molecular flexibility index (Phi) is 5.71. The van der Waals surface area contributed by atoms with Crippen molar-refractivity contribution in [3.63, 3.8) is 0 Å². The summed E-state index contributed by atoms with van der Waals surface area (Å²) in [6.07, 6.45) is -2.42. The van der Waals surface area contributed by atoms with Crippen molar-refractivity contribution < 1.29 is 30.4 Å². The van der Waals surface area contributed by atoms with Gasteiger partial charge in [0, 0.05) is 25.0 Å². The van der Waals surface area contributed by atoms with E-state index >= 15 is 0 Å². The first-order valence-corrected chi connectivity index (χ1v) is 9.88. The number of sulfonamides is 1. The summed E-state index contributed by atoms with van der Waals surface area (Å²) in [4.78, 5) is 7.65. The molecule has 0 radical (unpaired) electrons. The molecule has 0 atom stereocenters. The summed E-state index contributed by atoms with van der Waals surface area (Å²) in [6, 6.07) is 6.62. The van der Waals surface area contributed by atoms with Gasteiger partial charge in [-0.15, -0.1) is 0 Å². The molecule has 0 amide bonds. The van der Waals surface area contributed by atoms with Crippen LogP contribution in [0.25, 0.3) is 10.9 Å². The molecule has 1 fully saturated rings. The molecule has 1 saturated heterocycles. The molecule has 0 bridgehead atoms. The van der Waals surface area contributed by atoms with E-state index in [4.69, 9.17) is 0 Å². The van der Waals surface area contributed by atoms with Crippen molar-refractivity contribution in [1.29, 1.82) is 0 Å². The number of piperidine rings is 1. The van der Waals surface area contributed by atoms with Gasteiger partial charge in [0.05, 0.1) is 5.52 Å². The molecular weight excluding hydrogens is 407 g/mol. The number of alkyl halides is 5. The van der Waals surface area contributed by atoms with Crippen LogP contribution in [-0.2, 0) is 10.0 Å². The summed E-state index contributed by atoms with van der Waals surface area (Å²) in [6.45, 7) is -0.231. The molecule has 1 N–H and O–H groups in total. The van der Waals surface area contributed by atoms with E-state index in [-0.39, 0.29) is 44.2 Å². The van der Waals surface area contributed by atoms with Crippen molar-refractivity contribution >= 4 is 26.7 Å². The molecule has 154 valence electrons. The summed E-state index contributed by atoms with van der Waals surface area (Å²) in [5, 5.41) is 3.51. The highest BCUT2D eigenvalue weighted by Gasteiger charge is 2.50. The van der Waals surface area contributed by atoms with Crippen LogP contribution in [0.3, 0.4) is 0 Å². The number of para-hydroxylation sites is 1. The van der Waals surface area contributed by atoms with Gasteiger partial charge in [0.25, 0.3) is 6.43 Å². The molecule has 6 nitrogen and oxygen atoms in total. The third-order valence-corrected chi connectivity index (χ3v) is 6.21. The molecule has 1 aliphatic rings. The number of nitrogens with zero attached hydrogens (tertiary/aromatic N) is 3. The van der Waals surface area contributed by atoms with Crippen LogP contribution in [0, 0.1) is 5.92 Å². The largest absolute Gasteiger partial charge is 0.511 e. The Bertz CT molecular complexity index is 944. The summed E-state index contributed by atoms with van der Waals surface area (Å²) < 4.78 is 87.2. The monoisotopic (exact) mass is 424 g/mol. The van der Waals surface area contributed by atoms with E-state index < -0.39 is 27.8 Å². The van der Waals surface area contributed by atoms with Crippen molar-refractivity contribution in [3.8, 4) is 0 Å². The van der Waals surface area contributed by atoms with Gasteiger partial charge in [0.15, 0.2) is 5.82 Å². The zero-order valence-corrected chi connectivity index (χ0v) is 15.3. The molecule has 1 aliphatic heterocycles. The van der Waals surface area contributed by atoms with E-state index in [0.717, 1.165) is 0 Å². The fourth-order valence-electron chi connectivity index (χ4n) is 3.07. The molecule has 0 unspecified atom stereocenters. The lowest BCUT2D eigenvalue weighted by Gasteiger charge is -2.31. The highest BCUT2D eigenvalue weighted by Crippen LogP contribution is 2.31. The first kappa shape index (κ1) is 20.6. The molecule has 2 aromatic rings. The summed E-state index contributed by atoms with van der Waals surface area (Å²) in [5.41, 5.74) is -4.97. The summed E-state index contributed by atoms with van der Waals surface area (Å²) in [5.74, 6) is -0.526. The zero-order chi connectivity index (χ0) is 20.5. The molecule has 12 heteroatoms. The Labute approximate surface area is 157 Å². The van der Waals surface area contributed by atoms with E-state index in [1.54, 1.807) is 24.3 Å². The third kappa shape index (κ3) is 4.17. The van der Waals surface area contributed by atoms with Crippen LogP contribution < -0.4 is 5.32 Å². The van der Waals surface area contributed by atoms with Crippen molar-refractivity contribution in [2.24, 2.45) is 5.92 Å². The van der Waals surface area contributed by atoms with E-state index in [1.165, 1.54) is 0 Å². The average Bonchev–Trinajstić information content (AvgIpc) is 2.65. The van der Waals surface area contributed by atoms with Crippen LogP contribution in [0.2, 0.25) is 0 Å². The van der Waals surface area contributed by atoms with Crippen LogP contribution in [0.5, 0.6) is 0 Å². The smallest absolute Gasteiger partial charge is 0.369 e. The summed E-state index contributed by atoms with van der Waals surface area (Å²) in [7, 11) is -5.33. The second-order valence-corrected chi connectivity index (χ2v) is 8.35. The predicted molar refractivity (Wildman–Crippen MR) is 92.3 cm³/mol. The average molecular weight is 424 g/mol. The van der Waals surface area contributed by atoms with Crippen molar-refractivity contribution in [2.45, 2.75) is 24.8 Å². The Balaban J connectivity index is 1.68. The molecule has 28 heavy (non-hydrogen) atoms. The first-order chi connectivity index (χ1) is 13.1. The number of anilines is 1. The number of hydrogen-bond donors (Lipinski definition) is 1. The lowest BCUT2D eigenvalue weighted by molar-refractivity contribution is -0.0496. The van der Waals surface area contributed by atoms with Crippen molar-refractivity contribution in [2.75, 3.05) is 25.0 Å². The maximum Gasteiger partial charge on any atom is 0.511 e. The Morgan fingerprint density at radius 1 is 1.14 bits per heavy atom. The van der Waals surface area contributed by atoms with Crippen LogP contribution in [0.15, 0.2) is 24.3 Å². The quantitative estimate of drug-likeness (QED) is 0.744. The zero-order valence-electron chi connectivity index (χ0n) is 14.5. The van der Waals surface area contributed by atoms with E-state index in [2.05, 4.69) is 15.3 Å². The second kappa shape index (κ2) is 7.74. The minimum Gasteiger partial charge on any atom is -0.369 e. The van der Waals surface area contributed by atoms with Crippen molar-refractivity contribution in [1.82, 2.24) is 14.3 Å². The van der Waals surface area contributed by atoms with Gasteiger partial charge in [-0.1, -0.05) is 12.1 Å². The maximum atomic E-state index is 13.0. The topological polar surface area (TPSA) is 75.2 Å². The molecule has 1 aromatic heterocycles. The molecule has 3 rings (SSSR count). The van der Waals surface area contributed by atoms with E-state index in [0.29, 0.717) is 15.2 Å². The summed E-state index contributed by atoms with van der Waals surface area (Å²) >= 11 is 0. The Morgan fingerprint density at radius 3 is 2.39 bits per heavy atom. The molecule has 0 spiro atoms. The fraction of sp³-hybridized carbons (Fsp3) is 0.500. The van der Waals surface area contributed by atoms with Gasteiger partial charge in [-0.2, -0.15) is 17.5 Å². The maximum absolute atomic E-state index is 13.0. The number of benzene rings is 1. The van der Waals surface area contributed by atoms with Gasteiger partial charge in [-0.25, -0.2) is 27.2 Å². The van der Waals surface area contributed by atoms with Crippen LogP contribution in [0.4, 0.5) is 27.8 Å². The number of rotatable bonds is 5. The van der Waals surface area contributed by atoms with Crippen LogP contribution in [-0.4, -0.2) is 47.8 Å². The number of nitrogens with one attached hydrogen (secondary N) is 1. The third-order valence-electron chi connectivity index (χ3n) is 4.58. The second-order valence-electron chi connectivity index (χ2n) is 6.42. The highest BCUT2D eigenvalue weighted by molar-refractivity contribution is 7.90. The fourth-order valence-corrected chi connectivity index (χ4v) is 4.05. The molecule has 1 aromatic carbocycles. The molecule has 0 saturated carbocycles. The molecule has 0 aliphatic carbocycles. The van der Waals surface area contributed by atoms with Gasteiger partial charge < -0.3 is 5.32 Å².